The molecule has 1 aliphatic heterocycles. The van der Waals surface area contributed by atoms with Crippen LogP contribution in [0.1, 0.15) is 17.2 Å². The molecule has 1 aromatic carbocycles. The summed E-state index contributed by atoms with van der Waals surface area (Å²) in [5.41, 5.74) is 0.773. The van der Waals surface area contributed by atoms with Gasteiger partial charge in [0.2, 0.25) is 0 Å². The summed E-state index contributed by atoms with van der Waals surface area (Å²) < 4.78 is 34.2. The number of aryl methyl sites for hydroxylation is 1. The highest BCUT2D eigenvalue weighted by molar-refractivity contribution is 5.54. The van der Waals surface area contributed by atoms with E-state index >= 15 is 0 Å². The first-order valence-electron chi connectivity index (χ1n) is 6.83. The zero-order chi connectivity index (χ0) is 15.7. The van der Waals surface area contributed by atoms with Gasteiger partial charge in [-0.1, -0.05) is 6.07 Å². The van der Waals surface area contributed by atoms with Gasteiger partial charge in [-0.3, -0.25) is 4.68 Å². The number of rotatable bonds is 2. The van der Waals surface area contributed by atoms with Crippen molar-refractivity contribution in [2.75, 3.05) is 24.6 Å². The third-order valence-corrected chi connectivity index (χ3v) is 3.70. The molecule has 22 heavy (non-hydrogen) atoms. The van der Waals surface area contributed by atoms with Gasteiger partial charge in [0, 0.05) is 25.2 Å². The number of hydrogen-bond donors (Lipinski definition) is 0. The van der Waals surface area contributed by atoms with Crippen molar-refractivity contribution in [3.05, 3.63) is 47.2 Å². The minimum atomic E-state index is -0.627. The van der Waals surface area contributed by atoms with E-state index in [0.717, 1.165) is 6.07 Å². The molecule has 1 saturated heterocycles. The fourth-order valence-electron chi connectivity index (χ4n) is 2.68. The highest BCUT2D eigenvalue weighted by Gasteiger charge is 2.27. The maximum atomic E-state index is 13.9. The van der Waals surface area contributed by atoms with Crippen LogP contribution in [0, 0.1) is 23.0 Å². The summed E-state index contributed by atoms with van der Waals surface area (Å²) in [5, 5.41) is 13.2. The number of ether oxygens (including phenoxy) is 1. The molecule has 7 heteroatoms. The molecule has 1 atom stereocenters. The monoisotopic (exact) mass is 304 g/mol. The molecule has 5 nitrogen and oxygen atoms in total. The zero-order valence-electron chi connectivity index (χ0n) is 12.0. The lowest BCUT2D eigenvalue weighted by Crippen LogP contribution is -2.40. The van der Waals surface area contributed by atoms with Gasteiger partial charge >= 0.3 is 0 Å². The summed E-state index contributed by atoms with van der Waals surface area (Å²) in [6.07, 6.45) is 0.981. The SMILES string of the molecule is Cn1ncc(C#N)c1N1CCOC(c2ccc(F)cc2F)C1. The van der Waals surface area contributed by atoms with Gasteiger partial charge in [0.25, 0.3) is 0 Å². The fourth-order valence-corrected chi connectivity index (χ4v) is 2.68. The van der Waals surface area contributed by atoms with E-state index in [9.17, 15) is 8.78 Å². The van der Waals surface area contributed by atoms with E-state index in [1.54, 1.807) is 11.7 Å². The van der Waals surface area contributed by atoms with Gasteiger partial charge in [-0.25, -0.2) is 8.78 Å². The lowest BCUT2D eigenvalue weighted by atomic mass is 10.1. The van der Waals surface area contributed by atoms with Crippen LogP contribution in [0.15, 0.2) is 24.4 Å². The smallest absolute Gasteiger partial charge is 0.144 e. The van der Waals surface area contributed by atoms with Crippen LogP contribution in [0.2, 0.25) is 0 Å². The molecular weight excluding hydrogens is 290 g/mol. The van der Waals surface area contributed by atoms with Gasteiger partial charge in [0.1, 0.15) is 35.2 Å². The highest BCUT2D eigenvalue weighted by Crippen LogP contribution is 2.29. The second-order valence-corrected chi connectivity index (χ2v) is 5.09. The average Bonchev–Trinajstić information content (AvgIpc) is 2.88. The third kappa shape index (κ3) is 2.53. The van der Waals surface area contributed by atoms with Gasteiger partial charge in [-0.15, -0.1) is 0 Å². The molecule has 3 rings (SSSR count). The Bertz CT molecular complexity index is 738. The molecule has 1 unspecified atom stereocenters. The Morgan fingerprint density at radius 2 is 2.23 bits per heavy atom. The molecule has 1 fully saturated rings. The summed E-state index contributed by atoms with van der Waals surface area (Å²) >= 11 is 0. The molecule has 0 amide bonds. The normalized spacial score (nSPS) is 18.3. The standard InChI is InChI=1S/C15H14F2N4O/c1-20-15(10(7-18)8-19-20)21-4-5-22-14(9-21)12-3-2-11(16)6-13(12)17/h2-3,6,8,14H,4-5,9H2,1H3. The minimum Gasteiger partial charge on any atom is -0.370 e. The molecule has 0 N–H and O–H groups in total. The number of halogens is 2. The molecule has 1 aliphatic rings. The van der Waals surface area contributed by atoms with Crippen molar-refractivity contribution in [1.29, 1.82) is 5.26 Å². The largest absolute Gasteiger partial charge is 0.370 e. The third-order valence-electron chi connectivity index (χ3n) is 3.70. The van der Waals surface area contributed by atoms with Crippen LogP contribution in [0.25, 0.3) is 0 Å². The van der Waals surface area contributed by atoms with Crippen molar-refractivity contribution in [1.82, 2.24) is 9.78 Å². The maximum Gasteiger partial charge on any atom is 0.144 e. The molecule has 0 saturated carbocycles. The Morgan fingerprint density at radius 1 is 1.41 bits per heavy atom. The number of aromatic nitrogens is 2. The van der Waals surface area contributed by atoms with E-state index in [2.05, 4.69) is 11.2 Å². The molecular formula is C15H14F2N4O. The molecule has 2 aromatic rings. The fraction of sp³-hybridized carbons (Fsp3) is 0.333. The number of nitriles is 1. The number of hydrogen-bond acceptors (Lipinski definition) is 4. The van der Waals surface area contributed by atoms with Crippen molar-refractivity contribution >= 4 is 5.82 Å². The Balaban J connectivity index is 1.88. The Labute approximate surface area is 126 Å². The average molecular weight is 304 g/mol. The van der Waals surface area contributed by atoms with Crippen LogP contribution < -0.4 is 4.90 Å². The number of benzene rings is 1. The minimum absolute atomic E-state index is 0.312. The Hall–Kier alpha value is -2.46. The van der Waals surface area contributed by atoms with Crippen LogP contribution in [0.4, 0.5) is 14.6 Å². The van der Waals surface area contributed by atoms with Gasteiger partial charge in [-0.05, 0) is 6.07 Å². The summed E-state index contributed by atoms with van der Waals surface area (Å²) in [4.78, 5) is 1.93. The summed E-state index contributed by atoms with van der Waals surface area (Å²) in [5.74, 6) is -0.567. The van der Waals surface area contributed by atoms with Gasteiger partial charge in [0.05, 0.1) is 19.3 Å². The second kappa shape index (κ2) is 5.73. The zero-order valence-corrected chi connectivity index (χ0v) is 12.0. The lowest BCUT2D eigenvalue weighted by molar-refractivity contribution is 0.0369. The van der Waals surface area contributed by atoms with E-state index in [1.807, 2.05) is 4.90 Å². The molecule has 0 spiro atoms. The number of morpholine rings is 1. The van der Waals surface area contributed by atoms with Gasteiger partial charge < -0.3 is 9.64 Å². The molecule has 2 heterocycles. The topological polar surface area (TPSA) is 54.1 Å². The molecule has 1 aromatic heterocycles. The van der Waals surface area contributed by atoms with Crippen molar-refractivity contribution in [2.24, 2.45) is 7.05 Å². The van der Waals surface area contributed by atoms with Crippen molar-refractivity contribution in [2.45, 2.75) is 6.10 Å². The summed E-state index contributed by atoms with van der Waals surface area (Å²) in [7, 11) is 1.75. The van der Waals surface area contributed by atoms with Crippen molar-refractivity contribution in [3.8, 4) is 6.07 Å². The Morgan fingerprint density at radius 3 is 2.95 bits per heavy atom. The summed E-state index contributed by atoms with van der Waals surface area (Å²) in [6.45, 7) is 1.34. The second-order valence-electron chi connectivity index (χ2n) is 5.09. The predicted octanol–water partition coefficient (Wildman–Crippen LogP) is 2.15. The molecule has 0 bridgehead atoms. The molecule has 0 aliphatic carbocycles. The van der Waals surface area contributed by atoms with E-state index in [4.69, 9.17) is 10.00 Å². The van der Waals surface area contributed by atoms with E-state index in [-0.39, 0.29) is 0 Å². The lowest BCUT2D eigenvalue weighted by Gasteiger charge is -2.34. The number of anilines is 1. The summed E-state index contributed by atoms with van der Waals surface area (Å²) in [6, 6.07) is 5.56. The first kappa shape index (κ1) is 14.5. The van der Waals surface area contributed by atoms with Crippen LogP contribution in [-0.4, -0.2) is 29.5 Å². The van der Waals surface area contributed by atoms with Crippen LogP contribution in [0.5, 0.6) is 0 Å². The predicted molar refractivity (Wildman–Crippen MR) is 75.2 cm³/mol. The quantitative estimate of drug-likeness (QED) is 0.853. The van der Waals surface area contributed by atoms with Crippen molar-refractivity contribution < 1.29 is 13.5 Å². The van der Waals surface area contributed by atoms with E-state index < -0.39 is 17.7 Å². The molecule has 0 radical (unpaired) electrons. The first-order chi connectivity index (χ1) is 10.6. The van der Waals surface area contributed by atoms with E-state index in [1.165, 1.54) is 18.3 Å². The van der Waals surface area contributed by atoms with Gasteiger partial charge in [0.15, 0.2) is 0 Å². The van der Waals surface area contributed by atoms with Crippen LogP contribution in [0.3, 0.4) is 0 Å². The maximum absolute atomic E-state index is 13.9. The van der Waals surface area contributed by atoms with Crippen LogP contribution >= 0.6 is 0 Å². The number of nitrogens with zero attached hydrogens (tertiary/aromatic N) is 4. The first-order valence-corrected chi connectivity index (χ1v) is 6.83. The van der Waals surface area contributed by atoms with Gasteiger partial charge in [-0.2, -0.15) is 10.4 Å². The van der Waals surface area contributed by atoms with Crippen LogP contribution in [-0.2, 0) is 11.8 Å². The molecule has 114 valence electrons. The van der Waals surface area contributed by atoms with E-state index in [0.29, 0.717) is 36.6 Å². The Kier molecular flexibility index (Phi) is 3.77. The van der Waals surface area contributed by atoms with Crippen molar-refractivity contribution in [3.63, 3.8) is 0 Å². The highest BCUT2D eigenvalue weighted by atomic mass is 19.1.